The van der Waals surface area contributed by atoms with Crippen LogP contribution in [0.2, 0.25) is 4.34 Å². The van der Waals surface area contributed by atoms with Crippen LogP contribution < -0.4 is 0 Å². The zero-order valence-electron chi connectivity index (χ0n) is 12.4. The molecular formula is C17H19ClO2S. The Morgan fingerprint density at radius 3 is 2.24 bits per heavy atom. The first kappa shape index (κ1) is 16.1. The maximum absolute atomic E-state index is 11.5. The van der Waals surface area contributed by atoms with E-state index < -0.39 is 11.9 Å². The van der Waals surface area contributed by atoms with Crippen molar-refractivity contribution in [1.82, 2.24) is 0 Å². The van der Waals surface area contributed by atoms with Gasteiger partial charge in [-0.25, -0.2) is 0 Å². The van der Waals surface area contributed by atoms with Crippen molar-refractivity contribution in [2.45, 2.75) is 38.5 Å². The Hall–Kier alpha value is -1.32. The molecule has 1 aromatic carbocycles. The lowest BCUT2D eigenvalue weighted by molar-refractivity contribution is -0.138. The van der Waals surface area contributed by atoms with Gasteiger partial charge < -0.3 is 5.11 Å². The van der Waals surface area contributed by atoms with E-state index in [1.807, 2.05) is 12.1 Å². The number of rotatable bonds is 4. The quantitative estimate of drug-likeness (QED) is 0.849. The third-order valence-electron chi connectivity index (χ3n) is 3.50. The summed E-state index contributed by atoms with van der Waals surface area (Å²) in [5.41, 5.74) is 2.38. The van der Waals surface area contributed by atoms with Crippen molar-refractivity contribution in [3.05, 3.63) is 56.7 Å². The number of aliphatic carboxylic acids is 1. The van der Waals surface area contributed by atoms with Crippen LogP contribution in [0.4, 0.5) is 0 Å². The van der Waals surface area contributed by atoms with E-state index >= 15 is 0 Å². The summed E-state index contributed by atoms with van der Waals surface area (Å²) in [6.45, 7) is 6.49. The van der Waals surface area contributed by atoms with Gasteiger partial charge in [0, 0.05) is 4.88 Å². The fraction of sp³-hybridized carbons (Fsp3) is 0.353. The molecule has 0 spiro atoms. The summed E-state index contributed by atoms with van der Waals surface area (Å²) in [5.74, 6) is -1.35. The second kappa shape index (κ2) is 6.20. The van der Waals surface area contributed by atoms with Gasteiger partial charge in [-0.3, -0.25) is 4.79 Å². The molecule has 1 unspecified atom stereocenters. The first-order valence-electron chi connectivity index (χ1n) is 6.85. The van der Waals surface area contributed by atoms with Crippen LogP contribution in [-0.2, 0) is 16.6 Å². The minimum Gasteiger partial charge on any atom is -0.481 e. The number of carboxylic acid groups (broad SMARTS) is 1. The van der Waals surface area contributed by atoms with Gasteiger partial charge in [0.1, 0.15) is 0 Å². The topological polar surface area (TPSA) is 37.3 Å². The van der Waals surface area contributed by atoms with Gasteiger partial charge in [0.15, 0.2) is 0 Å². The SMILES string of the molecule is CC(C)(C)c1ccc(CC(C(=O)O)c2ccc(Cl)s2)cc1. The van der Waals surface area contributed by atoms with Gasteiger partial charge in [0.25, 0.3) is 0 Å². The Bertz CT molecular complexity index is 623. The van der Waals surface area contributed by atoms with E-state index in [0.717, 1.165) is 10.4 Å². The van der Waals surface area contributed by atoms with Crippen LogP contribution in [0.25, 0.3) is 0 Å². The van der Waals surface area contributed by atoms with E-state index in [-0.39, 0.29) is 5.41 Å². The second-order valence-corrected chi connectivity index (χ2v) is 7.93. The highest BCUT2D eigenvalue weighted by molar-refractivity contribution is 7.16. The first-order chi connectivity index (χ1) is 9.77. The van der Waals surface area contributed by atoms with Crippen LogP contribution in [0.15, 0.2) is 36.4 Å². The first-order valence-corrected chi connectivity index (χ1v) is 8.04. The van der Waals surface area contributed by atoms with Crippen molar-refractivity contribution in [1.29, 1.82) is 0 Å². The molecular weight excluding hydrogens is 304 g/mol. The Kier molecular flexibility index (Phi) is 4.74. The number of hydrogen-bond donors (Lipinski definition) is 1. The van der Waals surface area contributed by atoms with Crippen molar-refractivity contribution in [2.24, 2.45) is 0 Å². The zero-order valence-corrected chi connectivity index (χ0v) is 14.0. The highest BCUT2D eigenvalue weighted by Crippen LogP contribution is 2.31. The molecule has 0 aliphatic rings. The molecule has 1 heterocycles. The van der Waals surface area contributed by atoms with Crippen LogP contribution in [0.3, 0.4) is 0 Å². The van der Waals surface area contributed by atoms with Crippen LogP contribution in [0, 0.1) is 0 Å². The minimum atomic E-state index is -0.812. The van der Waals surface area contributed by atoms with E-state index in [2.05, 4.69) is 32.9 Å². The number of thiophene rings is 1. The molecule has 0 aliphatic carbocycles. The summed E-state index contributed by atoms with van der Waals surface area (Å²) in [6, 6.07) is 11.7. The highest BCUT2D eigenvalue weighted by Gasteiger charge is 2.22. The van der Waals surface area contributed by atoms with Gasteiger partial charge in [-0.2, -0.15) is 0 Å². The maximum Gasteiger partial charge on any atom is 0.312 e. The number of hydrogen-bond acceptors (Lipinski definition) is 2. The van der Waals surface area contributed by atoms with E-state index in [4.69, 9.17) is 11.6 Å². The van der Waals surface area contributed by atoms with Gasteiger partial charge in [0.05, 0.1) is 10.3 Å². The Labute approximate surface area is 134 Å². The monoisotopic (exact) mass is 322 g/mol. The van der Waals surface area contributed by atoms with E-state index in [9.17, 15) is 9.90 Å². The summed E-state index contributed by atoms with van der Waals surface area (Å²) in [4.78, 5) is 12.3. The second-order valence-electron chi connectivity index (χ2n) is 6.18. The molecule has 2 rings (SSSR count). The molecule has 1 aromatic heterocycles. The molecule has 0 bridgehead atoms. The largest absolute Gasteiger partial charge is 0.481 e. The molecule has 0 aliphatic heterocycles. The summed E-state index contributed by atoms with van der Waals surface area (Å²) in [6.07, 6.45) is 0.483. The van der Waals surface area contributed by atoms with Crippen molar-refractivity contribution in [3.8, 4) is 0 Å². The molecule has 0 saturated heterocycles. The van der Waals surface area contributed by atoms with Gasteiger partial charge in [-0.15, -0.1) is 11.3 Å². The fourth-order valence-corrected chi connectivity index (χ4v) is 3.36. The normalized spacial score (nSPS) is 13.1. The average molecular weight is 323 g/mol. The van der Waals surface area contributed by atoms with E-state index in [1.165, 1.54) is 16.9 Å². The molecule has 112 valence electrons. The van der Waals surface area contributed by atoms with Gasteiger partial charge in [-0.1, -0.05) is 56.6 Å². The summed E-state index contributed by atoms with van der Waals surface area (Å²) in [7, 11) is 0. The zero-order chi connectivity index (χ0) is 15.6. The number of carbonyl (C=O) groups is 1. The van der Waals surface area contributed by atoms with E-state index in [1.54, 1.807) is 12.1 Å². The third kappa shape index (κ3) is 4.08. The van der Waals surface area contributed by atoms with Crippen LogP contribution in [0.1, 0.15) is 42.7 Å². The van der Waals surface area contributed by atoms with Gasteiger partial charge in [0.2, 0.25) is 0 Å². The minimum absolute atomic E-state index is 0.103. The maximum atomic E-state index is 11.5. The number of benzene rings is 1. The van der Waals surface area contributed by atoms with Crippen LogP contribution in [-0.4, -0.2) is 11.1 Å². The molecule has 0 radical (unpaired) electrons. The number of halogens is 1. The number of carboxylic acids is 1. The molecule has 1 atom stereocenters. The Balaban J connectivity index is 2.20. The Morgan fingerprint density at radius 2 is 1.81 bits per heavy atom. The lowest BCUT2D eigenvalue weighted by Crippen LogP contribution is -2.14. The predicted octanol–water partition coefficient (Wildman–Crippen LogP) is 5.11. The summed E-state index contributed by atoms with van der Waals surface area (Å²) < 4.78 is 0.624. The molecule has 2 aromatic rings. The smallest absolute Gasteiger partial charge is 0.312 e. The third-order valence-corrected chi connectivity index (χ3v) is 4.84. The van der Waals surface area contributed by atoms with Crippen molar-refractivity contribution in [3.63, 3.8) is 0 Å². The lowest BCUT2D eigenvalue weighted by Gasteiger charge is -2.19. The Morgan fingerprint density at radius 1 is 1.19 bits per heavy atom. The van der Waals surface area contributed by atoms with E-state index in [0.29, 0.717) is 10.8 Å². The summed E-state index contributed by atoms with van der Waals surface area (Å²) in [5, 5.41) is 9.44. The molecule has 2 nitrogen and oxygen atoms in total. The summed E-state index contributed by atoms with van der Waals surface area (Å²) >= 11 is 7.24. The van der Waals surface area contributed by atoms with Crippen LogP contribution >= 0.6 is 22.9 Å². The van der Waals surface area contributed by atoms with Crippen molar-refractivity contribution in [2.75, 3.05) is 0 Å². The molecule has 0 saturated carbocycles. The average Bonchev–Trinajstić information content (AvgIpc) is 2.81. The van der Waals surface area contributed by atoms with Crippen molar-refractivity contribution >= 4 is 28.9 Å². The standard InChI is InChI=1S/C17H19ClO2S/c1-17(2,3)12-6-4-11(5-7-12)10-13(16(19)20)14-8-9-15(18)21-14/h4-9,13H,10H2,1-3H3,(H,19,20). The predicted molar refractivity (Wildman–Crippen MR) is 88.6 cm³/mol. The molecule has 4 heteroatoms. The molecule has 0 fully saturated rings. The van der Waals surface area contributed by atoms with Gasteiger partial charge >= 0.3 is 5.97 Å². The van der Waals surface area contributed by atoms with Crippen molar-refractivity contribution < 1.29 is 9.90 Å². The highest BCUT2D eigenvalue weighted by atomic mass is 35.5. The van der Waals surface area contributed by atoms with Crippen LogP contribution in [0.5, 0.6) is 0 Å². The fourth-order valence-electron chi connectivity index (χ4n) is 2.20. The molecule has 0 amide bonds. The van der Waals surface area contributed by atoms with Gasteiger partial charge in [-0.05, 0) is 35.1 Å². The molecule has 1 N–H and O–H groups in total. The lowest BCUT2D eigenvalue weighted by atomic mass is 9.86. The molecule has 21 heavy (non-hydrogen) atoms.